The molecule has 0 aromatic carbocycles. The summed E-state index contributed by atoms with van der Waals surface area (Å²) in [5.41, 5.74) is -2.20. The number of carboxylic acids is 1. The lowest BCUT2D eigenvalue weighted by Crippen LogP contribution is -2.21. The van der Waals surface area contributed by atoms with Crippen molar-refractivity contribution >= 4 is 23.3 Å². The lowest BCUT2D eigenvalue weighted by molar-refractivity contribution is -0.145. The van der Waals surface area contributed by atoms with E-state index >= 15 is 0 Å². The molecule has 0 spiro atoms. The third-order valence-electron chi connectivity index (χ3n) is 4.87. The van der Waals surface area contributed by atoms with Gasteiger partial charge in [-0.05, 0) is 23.6 Å². The smallest absolute Gasteiger partial charge is 0.366 e. The van der Waals surface area contributed by atoms with Crippen molar-refractivity contribution in [3.63, 3.8) is 0 Å². The summed E-state index contributed by atoms with van der Waals surface area (Å²) >= 11 is 0.834. The fourth-order valence-electron chi connectivity index (χ4n) is 3.19. The first-order valence-corrected chi connectivity index (χ1v) is 8.45. The van der Waals surface area contributed by atoms with Crippen LogP contribution in [0.25, 0.3) is 0 Å². The lowest BCUT2D eigenvalue weighted by atomic mass is 9.92. The van der Waals surface area contributed by atoms with Crippen molar-refractivity contribution in [3.8, 4) is 11.8 Å². The third-order valence-corrected chi connectivity index (χ3v) is 5.88. The molecule has 2 rings (SSSR count). The number of alkyl halides is 2. The van der Waals surface area contributed by atoms with Crippen LogP contribution in [0.3, 0.4) is 0 Å². The molecule has 1 N–H and O–H groups in total. The van der Waals surface area contributed by atoms with Gasteiger partial charge in [-0.25, -0.2) is 13.6 Å². The van der Waals surface area contributed by atoms with E-state index in [1.807, 2.05) is 0 Å². The summed E-state index contributed by atoms with van der Waals surface area (Å²) in [5, 5.41) is 9.66. The van der Waals surface area contributed by atoms with Crippen molar-refractivity contribution < 1.29 is 32.6 Å². The maximum atomic E-state index is 13.8. The quantitative estimate of drug-likeness (QED) is 0.468. The number of esters is 1. The second-order valence-electron chi connectivity index (χ2n) is 6.46. The molecule has 1 saturated carbocycles. The molecule has 2 atom stereocenters. The largest absolute Gasteiger partial charge is 0.481 e. The highest BCUT2D eigenvalue weighted by atomic mass is 32.1. The van der Waals surface area contributed by atoms with Gasteiger partial charge in [0, 0.05) is 12.3 Å². The minimum Gasteiger partial charge on any atom is -0.481 e. The summed E-state index contributed by atoms with van der Waals surface area (Å²) in [7, 11) is 1.03. The molecule has 1 aliphatic rings. The molecule has 8 heteroatoms. The van der Waals surface area contributed by atoms with E-state index in [9.17, 15) is 27.9 Å². The van der Waals surface area contributed by atoms with Gasteiger partial charge < -0.3 is 9.84 Å². The highest BCUT2D eigenvalue weighted by Crippen LogP contribution is 2.71. The van der Waals surface area contributed by atoms with Crippen molar-refractivity contribution in [3.05, 3.63) is 33.8 Å². The van der Waals surface area contributed by atoms with Crippen LogP contribution in [0.5, 0.6) is 0 Å². The minimum atomic E-state index is -2.58. The topological polar surface area (TPSA) is 63.6 Å². The molecular weight excluding hydrogens is 369 g/mol. The molecule has 0 saturated heterocycles. The molecule has 1 aromatic heterocycles. The molecule has 26 heavy (non-hydrogen) atoms. The van der Waals surface area contributed by atoms with Crippen LogP contribution in [0.2, 0.25) is 0 Å². The molecule has 1 heterocycles. The Labute approximate surface area is 152 Å². The van der Waals surface area contributed by atoms with Crippen molar-refractivity contribution in [1.29, 1.82) is 0 Å². The zero-order chi connectivity index (χ0) is 19.7. The van der Waals surface area contributed by atoms with Gasteiger partial charge in [0.05, 0.1) is 22.3 Å². The second kappa shape index (κ2) is 7.16. The van der Waals surface area contributed by atoms with Crippen LogP contribution >= 0.6 is 11.3 Å². The lowest BCUT2D eigenvalue weighted by Gasteiger charge is -2.11. The Hall–Kier alpha value is -2.27. The average molecular weight is 386 g/mol. The number of hydrogen-bond acceptors (Lipinski definition) is 4. The van der Waals surface area contributed by atoms with Gasteiger partial charge in [-0.2, -0.15) is 4.39 Å². The van der Waals surface area contributed by atoms with Crippen molar-refractivity contribution in [2.24, 2.45) is 16.7 Å². The van der Waals surface area contributed by atoms with Crippen LogP contribution in [0.4, 0.5) is 13.2 Å². The van der Waals surface area contributed by atoms with Gasteiger partial charge in [-0.1, -0.05) is 25.7 Å². The van der Waals surface area contributed by atoms with Crippen LogP contribution in [0, 0.1) is 28.6 Å². The maximum absolute atomic E-state index is 13.8. The zero-order valence-corrected chi connectivity index (χ0v) is 15.1. The zero-order valence-electron chi connectivity index (χ0n) is 14.3. The fraction of sp³-hybridized carbons (Fsp3) is 0.444. The van der Waals surface area contributed by atoms with Gasteiger partial charge in [-0.3, -0.25) is 4.79 Å². The predicted octanol–water partition coefficient (Wildman–Crippen LogP) is 4.18. The fourth-order valence-corrected chi connectivity index (χ4v) is 3.93. The predicted molar refractivity (Wildman–Crippen MR) is 89.3 cm³/mol. The normalized spacial score (nSPS) is 24.0. The van der Waals surface area contributed by atoms with Crippen LogP contribution in [-0.2, 0) is 14.3 Å². The summed E-state index contributed by atoms with van der Waals surface area (Å²) in [4.78, 5) is 23.3. The van der Waals surface area contributed by atoms with E-state index in [4.69, 9.17) is 0 Å². The molecule has 1 aromatic rings. The first kappa shape index (κ1) is 20.0. The molecule has 0 unspecified atom stereocenters. The first-order valence-electron chi connectivity index (χ1n) is 7.63. The highest BCUT2D eigenvalue weighted by molar-refractivity contribution is 7.12. The Morgan fingerprint density at radius 2 is 2.08 bits per heavy atom. The summed E-state index contributed by atoms with van der Waals surface area (Å²) in [5.74, 6) is 1.16. The molecular formula is C18H17F3O4S. The molecule has 1 aliphatic carbocycles. The van der Waals surface area contributed by atoms with Crippen LogP contribution in [-0.4, -0.2) is 24.2 Å². The van der Waals surface area contributed by atoms with Gasteiger partial charge in [0.25, 0.3) is 6.43 Å². The van der Waals surface area contributed by atoms with Crippen molar-refractivity contribution in [1.82, 2.24) is 0 Å². The standard InChI is InChI=1S/C18H17F3O4S/c1-17(2)13(9-11(19)15(22)25-3)18(17,16(23)24)8-4-5-10-6-7-12(26-10)14(20)21/h6-7,9,13-14H,8H2,1-3H3,(H,23,24)/t13-,18+/m1/s1. The molecule has 1 fully saturated rings. The van der Waals surface area contributed by atoms with Crippen molar-refractivity contribution in [2.45, 2.75) is 26.7 Å². The number of methoxy groups -OCH3 is 1. The van der Waals surface area contributed by atoms with Crippen LogP contribution in [0.1, 0.15) is 36.4 Å². The number of halogens is 3. The number of allylic oxidation sites excluding steroid dienone is 1. The molecule has 0 bridgehead atoms. The summed E-state index contributed by atoms with van der Waals surface area (Å²) < 4.78 is 43.2. The Balaban J connectivity index is 2.25. The van der Waals surface area contributed by atoms with Crippen molar-refractivity contribution in [2.75, 3.05) is 7.11 Å². The third kappa shape index (κ3) is 3.36. The van der Waals surface area contributed by atoms with Gasteiger partial charge >= 0.3 is 11.9 Å². The number of carboxylic acid groups (broad SMARTS) is 1. The van der Waals surface area contributed by atoms with Crippen LogP contribution in [0.15, 0.2) is 24.0 Å². The Kier molecular flexibility index (Phi) is 5.52. The van der Waals surface area contributed by atoms with E-state index in [2.05, 4.69) is 16.6 Å². The van der Waals surface area contributed by atoms with Gasteiger partial charge in [0.15, 0.2) is 0 Å². The summed E-state index contributed by atoms with van der Waals surface area (Å²) in [6.07, 6.45) is -1.73. The average Bonchev–Trinajstić information content (AvgIpc) is 2.91. The number of ether oxygens (including phenoxy) is 1. The Morgan fingerprint density at radius 3 is 2.58 bits per heavy atom. The number of carbonyl (C=O) groups excluding carboxylic acids is 1. The van der Waals surface area contributed by atoms with E-state index in [1.165, 1.54) is 12.1 Å². The number of thiophene rings is 1. The van der Waals surface area contributed by atoms with E-state index in [0.717, 1.165) is 24.5 Å². The molecule has 0 aliphatic heterocycles. The van der Waals surface area contributed by atoms with Crippen LogP contribution < -0.4 is 0 Å². The molecule has 140 valence electrons. The molecule has 0 amide bonds. The van der Waals surface area contributed by atoms with Gasteiger partial charge in [0.1, 0.15) is 0 Å². The SMILES string of the molecule is COC(=O)C(F)=C[C@@H]1C(C)(C)[C@]1(CC#Cc1ccc(C(F)F)s1)C(=O)O. The van der Waals surface area contributed by atoms with Gasteiger partial charge in [-0.15, -0.1) is 11.3 Å². The Bertz CT molecular complexity index is 816. The number of carbonyl (C=O) groups is 2. The summed E-state index contributed by atoms with van der Waals surface area (Å²) in [6.45, 7) is 3.29. The number of rotatable bonds is 5. The highest BCUT2D eigenvalue weighted by Gasteiger charge is 2.74. The van der Waals surface area contributed by atoms with E-state index < -0.39 is 40.9 Å². The summed E-state index contributed by atoms with van der Waals surface area (Å²) in [6, 6.07) is 2.71. The monoisotopic (exact) mass is 386 g/mol. The van der Waals surface area contributed by atoms with E-state index in [0.29, 0.717) is 4.88 Å². The first-order chi connectivity index (χ1) is 12.1. The van der Waals surface area contributed by atoms with E-state index in [-0.39, 0.29) is 11.3 Å². The van der Waals surface area contributed by atoms with Gasteiger partial charge in [0.2, 0.25) is 5.83 Å². The molecule has 0 radical (unpaired) electrons. The molecule has 4 nitrogen and oxygen atoms in total. The Morgan fingerprint density at radius 1 is 1.42 bits per heavy atom. The minimum absolute atomic E-state index is 0.104. The number of hydrogen-bond donors (Lipinski definition) is 1. The second-order valence-corrected chi connectivity index (χ2v) is 7.58. The maximum Gasteiger partial charge on any atom is 0.366 e. The number of aliphatic carboxylic acids is 1. The van der Waals surface area contributed by atoms with E-state index in [1.54, 1.807) is 13.8 Å².